The minimum Gasteiger partial charge on any atom is -0.508 e. The van der Waals surface area contributed by atoms with Crippen LogP contribution in [0.4, 0.5) is 0 Å². The molecule has 6 aromatic carbocycles. The molecule has 2 heterocycles. The predicted octanol–water partition coefficient (Wildman–Crippen LogP) is 7.74. The van der Waals surface area contributed by atoms with E-state index in [0.717, 1.165) is 17.7 Å². The molecule has 6 aromatic rings. The van der Waals surface area contributed by atoms with Crippen LogP contribution < -0.4 is 9.47 Å². The summed E-state index contributed by atoms with van der Waals surface area (Å²) in [7, 11) is 0. The highest BCUT2D eigenvalue weighted by Crippen LogP contribution is 2.61. The molecule has 2 aliphatic rings. The van der Waals surface area contributed by atoms with E-state index in [1.54, 1.807) is 48.6 Å². The van der Waals surface area contributed by atoms with Gasteiger partial charge in [-0.2, -0.15) is 0 Å². The Labute approximate surface area is 302 Å². The molecular formula is C42H32O11. The Morgan fingerprint density at radius 1 is 0.415 bits per heavy atom. The molecule has 2 aliphatic heterocycles. The number of fused-ring (bicyclic) bond motifs is 2. The molecule has 0 fully saturated rings. The average Bonchev–Trinajstić information content (AvgIpc) is 3.67. The van der Waals surface area contributed by atoms with Crippen molar-refractivity contribution in [2.24, 2.45) is 0 Å². The van der Waals surface area contributed by atoms with Crippen LogP contribution in [0.3, 0.4) is 0 Å². The van der Waals surface area contributed by atoms with E-state index in [9.17, 15) is 46.0 Å². The van der Waals surface area contributed by atoms with Crippen molar-refractivity contribution in [3.63, 3.8) is 0 Å². The molecule has 0 radical (unpaired) electrons. The number of phenolic OH excluding ortho intramolecular Hbond substituents is 9. The Bertz CT molecular complexity index is 2400. The Kier molecular flexibility index (Phi) is 7.83. The van der Waals surface area contributed by atoms with E-state index in [1.807, 2.05) is 0 Å². The lowest BCUT2D eigenvalue weighted by atomic mass is 9.80. The summed E-state index contributed by atoms with van der Waals surface area (Å²) in [5.41, 5.74) is 3.66. The third-order valence-electron chi connectivity index (χ3n) is 9.63. The summed E-state index contributed by atoms with van der Waals surface area (Å²) < 4.78 is 13.3. The van der Waals surface area contributed by atoms with Gasteiger partial charge in [0.15, 0.2) is 0 Å². The zero-order chi connectivity index (χ0) is 37.1. The normalized spacial score (nSPS) is 18.7. The molecular weight excluding hydrogens is 680 g/mol. The number of aromatic hydroxyl groups is 9. The maximum absolute atomic E-state index is 11.5. The van der Waals surface area contributed by atoms with Crippen molar-refractivity contribution in [3.8, 4) is 63.2 Å². The topological polar surface area (TPSA) is 201 Å². The van der Waals surface area contributed by atoms with Gasteiger partial charge in [-0.15, -0.1) is 0 Å². The first-order valence-electron chi connectivity index (χ1n) is 16.5. The van der Waals surface area contributed by atoms with Gasteiger partial charge in [0.25, 0.3) is 0 Å². The second-order valence-corrected chi connectivity index (χ2v) is 13.1. The van der Waals surface area contributed by atoms with Crippen LogP contribution in [0.25, 0.3) is 12.2 Å². The molecule has 2 unspecified atom stereocenters. The van der Waals surface area contributed by atoms with Gasteiger partial charge in [-0.05, 0) is 89.0 Å². The predicted molar refractivity (Wildman–Crippen MR) is 193 cm³/mol. The van der Waals surface area contributed by atoms with Gasteiger partial charge in [0, 0.05) is 46.5 Å². The van der Waals surface area contributed by atoms with E-state index in [2.05, 4.69) is 0 Å². The van der Waals surface area contributed by atoms with Crippen LogP contribution in [0.2, 0.25) is 0 Å². The van der Waals surface area contributed by atoms with Crippen LogP contribution >= 0.6 is 0 Å². The second kappa shape index (κ2) is 12.6. The van der Waals surface area contributed by atoms with Crippen molar-refractivity contribution in [1.82, 2.24) is 0 Å². The first-order chi connectivity index (χ1) is 25.4. The first-order valence-corrected chi connectivity index (χ1v) is 16.5. The lowest BCUT2D eigenvalue weighted by Gasteiger charge is -2.23. The summed E-state index contributed by atoms with van der Waals surface area (Å²) in [6, 6.07) is 24.8. The van der Waals surface area contributed by atoms with Crippen molar-refractivity contribution in [3.05, 3.63) is 148 Å². The standard InChI is InChI=1S/C42H32O11/c43-24-5-2-20(3-6-24)1-4-21-11-30(49)19-35-36(21)37(22-12-26(45)16-27(46)13-22)41(52-35)32-9-10-33(50)39-38(23-14-28(47)17-29(48)15-23)40(53-42(32)39)31-8-7-25(44)18-34(31)51/h1-19,37-38,40-41,43-51H/b4-1+/t37-,38-,40?,41?/m0/s1. The van der Waals surface area contributed by atoms with E-state index in [-0.39, 0.29) is 68.6 Å². The number of phenols is 9. The fourth-order valence-corrected chi connectivity index (χ4v) is 7.47. The van der Waals surface area contributed by atoms with Gasteiger partial charge in [0.2, 0.25) is 0 Å². The maximum atomic E-state index is 11.5. The van der Waals surface area contributed by atoms with Crippen molar-refractivity contribution >= 4 is 12.2 Å². The van der Waals surface area contributed by atoms with E-state index in [0.29, 0.717) is 33.6 Å². The number of rotatable bonds is 6. The van der Waals surface area contributed by atoms with Crippen LogP contribution in [0.15, 0.2) is 103 Å². The van der Waals surface area contributed by atoms with Gasteiger partial charge in [-0.3, -0.25) is 0 Å². The highest BCUT2D eigenvalue weighted by Gasteiger charge is 2.46. The van der Waals surface area contributed by atoms with Gasteiger partial charge in [-0.25, -0.2) is 0 Å². The van der Waals surface area contributed by atoms with Crippen molar-refractivity contribution in [1.29, 1.82) is 0 Å². The fraction of sp³-hybridized carbons (Fsp3) is 0.0952. The zero-order valence-electron chi connectivity index (χ0n) is 27.6. The Morgan fingerprint density at radius 2 is 0.962 bits per heavy atom. The molecule has 9 N–H and O–H groups in total. The Morgan fingerprint density at radius 3 is 1.58 bits per heavy atom. The summed E-state index contributed by atoms with van der Waals surface area (Å²) in [5, 5.41) is 95.4. The largest absolute Gasteiger partial charge is 0.508 e. The molecule has 0 bridgehead atoms. The van der Waals surface area contributed by atoms with Crippen LogP contribution in [0.1, 0.15) is 68.6 Å². The number of ether oxygens (including phenoxy) is 2. The highest BCUT2D eigenvalue weighted by molar-refractivity contribution is 5.76. The molecule has 11 heteroatoms. The summed E-state index contributed by atoms with van der Waals surface area (Å²) in [6.07, 6.45) is 1.58. The summed E-state index contributed by atoms with van der Waals surface area (Å²) in [4.78, 5) is 0. The minimum atomic E-state index is -1.04. The molecule has 0 aliphatic carbocycles. The van der Waals surface area contributed by atoms with Crippen molar-refractivity contribution in [2.45, 2.75) is 24.0 Å². The summed E-state index contributed by atoms with van der Waals surface area (Å²) >= 11 is 0. The number of hydrogen-bond acceptors (Lipinski definition) is 11. The van der Waals surface area contributed by atoms with Gasteiger partial charge in [0.05, 0.1) is 11.8 Å². The monoisotopic (exact) mass is 712 g/mol. The molecule has 0 saturated heterocycles. The first kappa shape index (κ1) is 33.0. The number of benzene rings is 6. The molecule has 0 saturated carbocycles. The van der Waals surface area contributed by atoms with Crippen LogP contribution in [0.5, 0.6) is 63.2 Å². The van der Waals surface area contributed by atoms with Gasteiger partial charge in [-0.1, -0.05) is 24.3 Å². The van der Waals surface area contributed by atoms with Gasteiger partial charge in [0.1, 0.15) is 75.5 Å². The molecule has 0 amide bonds. The second-order valence-electron chi connectivity index (χ2n) is 13.1. The Balaban J connectivity index is 1.33. The smallest absolute Gasteiger partial charge is 0.138 e. The average molecular weight is 713 g/mol. The minimum absolute atomic E-state index is 0.0916. The van der Waals surface area contributed by atoms with Gasteiger partial charge >= 0.3 is 0 Å². The van der Waals surface area contributed by atoms with Crippen molar-refractivity contribution in [2.75, 3.05) is 0 Å². The molecule has 11 nitrogen and oxygen atoms in total. The highest BCUT2D eigenvalue weighted by atomic mass is 16.5. The molecule has 8 rings (SSSR count). The van der Waals surface area contributed by atoms with Crippen LogP contribution in [-0.4, -0.2) is 46.0 Å². The van der Waals surface area contributed by atoms with Crippen molar-refractivity contribution < 1.29 is 55.4 Å². The van der Waals surface area contributed by atoms with E-state index in [1.165, 1.54) is 54.6 Å². The van der Waals surface area contributed by atoms with E-state index < -0.39 is 24.0 Å². The maximum Gasteiger partial charge on any atom is 0.138 e. The molecule has 0 spiro atoms. The summed E-state index contributed by atoms with van der Waals surface area (Å²) in [5.74, 6) is -2.73. The molecule has 4 atom stereocenters. The SMILES string of the molecule is Oc1ccc(/C=C/c2cc(O)cc3c2[C@H](c2cc(O)cc(O)c2)C(c2ccc(O)c4c2OC(c2ccc(O)cc2O)[C@H]4c2cc(O)cc(O)c2)O3)cc1. The quantitative estimate of drug-likeness (QED) is 0.0765. The summed E-state index contributed by atoms with van der Waals surface area (Å²) in [6.45, 7) is 0. The third-order valence-corrected chi connectivity index (χ3v) is 9.63. The van der Waals surface area contributed by atoms with Gasteiger partial charge < -0.3 is 55.4 Å². The lowest BCUT2D eigenvalue weighted by Crippen LogP contribution is -2.13. The fourth-order valence-electron chi connectivity index (χ4n) is 7.47. The van der Waals surface area contributed by atoms with E-state index >= 15 is 0 Å². The zero-order valence-corrected chi connectivity index (χ0v) is 27.6. The Hall–Kier alpha value is -7.14. The molecule has 266 valence electrons. The van der Waals surface area contributed by atoms with Crippen LogP contribution in [0, 0.1) is 0 Å². The lowest BCUT2D eigenvalue weighted by molar-refractivity contribution is 0.191. The molecule has 0 aromatic heterocycles. The van der Waals surface area contributed by atoms with E-state index in [4.69, 9.17) is 9.47 Å². The number of hydrogen-bond donors (Lipinski definition) is 9. The van der Waals surface area contributed by atoms with Crippen LogP contribution in [-0.2, 0) is 0 Å². The molecule has 53 heavy (non-hydrogen) atoms. The third kappa shape index (κ3) is 5.93.